The summed E-state index contributed by atoms with van der Waals surface area (Å²) in [6.07, 6.45) is 6.41. The lowest BCUT2D eigenvalue weighted by Gasteiger charge is -2.39. The summed E-state index contributed by atoms with van der Waals surface area (Å²) in [5, 5.41) is 3.65. The number of hydrogen-bond acceptors (Lipinski definition) is 3. The molecular weight excluding hydrogens is 212 g/mol. The molecule has 0 aromatic heterocycles. The molecule has 1 aliphatic heterocycles. The van der Waals surface area contributed by atoms with Crippen LogP contribution in [0.5, 0.6) is 0 Å². The third kappa shape index (κ3) is 5.84. The number of hydrogen-bond donors (Lipinski definition) is 1. The van der Waals surface area contributed by atoms with E-state index in [0.29, 0.717) is 6.04 Å². The third-order valence-electron chi connectivity index (χ3n) is 3.71. The van der Waals surface area contributed by atoms with Gasteiger partial charge in [-0.2, -0.15) is 0 Å². The van der Waals surface area contributed by atoms with Gasteiger partial charge in [0, 0.05) is 38.9 Å². The highest BCUT2D eigenvalue weighted by atomic mass is 16.5. The van der Waals surface area contributed by atoms with Crippen LogP contribution in [0.3, 0.4) is 0 Å². The van der Waals surface area contributed by atoms with Gasteiger partial charge >= 0.3 is 0 Å². The molecule has 0 aromatic carbocycles. The van der Waals surface area contributed by atoms with Gasteiger partial charge in [0.25, 0.3) is 0 Å². The van der Waals surface area contributed by atoms with Crippen molar-refractivity contribution in [2.75, 3.05) is 33.4 Å². The van der Waals surface area contributed by atoms with Gasteiger partial charge in [-0.1, -0.05) is 13.3 Å². The lowest BCUT2D eigenvalue weighted by molar-refractivity contribution is 0.132. The number of ether oxygens (including phenoxy) is 1. The number of unbranched alkanes of at least 4 members (excludes halogenated alkanes) is 2. The molecule has 1 rings (SSSR count). The Balaban J connectivity index is 2.15. The molecule has 1 aliphatic rings. The van der Waals surface area contributed by atoms with Crippen LogP contribution < -0.4 is 5.32 Å². The fraction of sp³-hybridized carbons (Fsp3) is 1.00. The van der Waals surface area contributed by atoms with E-state index in [2.05, 4.69) is 24.1 Å². The van der Waals surface area contributed by atoms with Crippen LogP contribution in [0.25, 0.3) is 0 Å². The van der Waals surface area contributed by atoms with Crippen LogP contribution >= 0.6 is 0 Å². The number of piperazine rings is 1. The minimum atomic E-state index is 0.700. The first kappa shape index (κ1) is 14.9. The highest BCUT2D eigenvalue weighted by Gasteiger charge is 2.23. The SMILES string of the molecule is CCCC1CN(CCCCCOC)C(C)CN1. The molecule has 17 heavy (non-hydrogen) atoms. The summed E-state index contributed by atoms with van der Waals surface area (Å²) in [6, 6.07) is 1.42. The van der Waals surface area contributed by atoms with Crippen LogP contribution in [0.2, 0.25) is 0 Å². The summed E-state index contributed by atoms with van der Waals surface area (Å²) in [6.45, 7) is 9.17. The van der Waals surface area contributed by atoms with E-state index in [0.717, 1.165) is 19.2 Å². The standard InChI is InChI=1S/C14H30N2O/c1-4-8-14-12-16(13(2)11-15-14)9-6-5-7-10-17-3/h13-15H,4-12H2,1-3H3. The summed E-state index contributed by atoms with van der Waals surface area (Å²) < 4.78 is 5.08. The van der Waals surface area contributed by atoms with Gasteiger partial charge in [0.15, 0.2) is 0 Å². The highest BCUT2D eigenvalue weighted by molar-refractivity contribution is 4.83. The van der Waals surface area contributed by atoms with E-state index < -0.39 is 0 Å². The molecule has 1 heterocycles. The van der Waals surface area contributed by atoms with Crippen LogP contribution in [0.1, 0.15) is 46.0 Å². The molecule has 1 N–H and O–H groups in total. The molecule has 0 radical (unpaired) electrons. The van der Waals surface area contributed by atoms with Crippen molar-refractivity contribution >= 4 is 0 Å². The zero-order chi connectivity index (χ0) is 12.5. The maximum absolute atomic E-state index is 5.08. The Morgan fingerprint density at radius 3 is 2.82 bits per heavy atom. The van der Waals surface area contributed by atoms with Crippen LogP contribution in [0.15, 0.2) is 0 Å². The van der Waals surface area contributed by atoms with Crippen LogP contribution in [0, 0.1) is 0 Å². The molecule has 0 aliphatic carbocycles. The average Bonchev–Trinajstić information content (AvgIpc) is 2.33. The second kappa shape index (κ2) is 8.90. The van der Waals surface area contributed by atoms with E-state index in [4.69, 9.17) is 4.74 Å². The first-order valence-electron chi connectivity index (χ1n) is 7.24. The molecule has 3 nitrogen and oxygen atoms in total. The Morgan fingerprint density at radius 2 is 2.12 bits per heavy atom. The summed E-state index contributed by atoms with van der Waals surface area (Å²) in [5.74, 6) is 0. The summed E-state index contributed by atoms with van der Waals surface area (Å²) in [5.41, 5.74) is 0. The smallest absolute Gasteiger partial charge is 0.0462 e. The van der Waals surface area contributed by atoms with Crippen LogP contribution in [-0.2, 0) is 4.74 Å². The van der Waals surface area contributed by atoms with E-state index in [1.54, 1.807) is 7.11 Å². The zero-order valence-electron chi connectivity index (χ0n) is 11.9. The molecule has 1 fully saturated rings. The zero-order valence-corrected chi connectivity index (χ0v) is 11.9. The van der Waals surface area contributed by atoms with Crippen molar-refractivity contribution < 1.29 is 4.74 Å². The van der Waals surface area contributed by atoms with Crippen LogP contribution in [0.4, 0.5) is 0 Å². The van der Waals surface area contributed by atoms with Gasteiger partial charge in [-0.15, -0.1) is 0 Å². The van der Waals surface area contributed by atoms with E-state index in [1.165, 1.54) is 45.2 Å². The van der Waals surface area contributed by atoms with E-state index in [-0.39, 0.29) is 0 Å². The summed E-state index contributed by atoms with van der Waals surface area (Å²) >= 11 is 0. The molecular formula is C14H30N2O. The van der Waals surface area contributed by atoms with E-state index in [9.17, 15) is 0 Å². The van der Waals surface area contributed by atoms with Crippen molar-refractivity contribution in [2.24, 2.45) is 0 Å². The Kier molecular flexibility index (Phi) is 7.82. The highest BCUT2D eigenvalue weighted by Crippen LogP contribution is 2.11. The predicted molar refractivity (Wildman–Crippen MR) is 73.5 cm³/mol. The monoisotopic (exact) mass is 242 g/mol. The second-order valence-electron chi connectivity index (χ2n) is 5.29. The lowest BCUT2D eigenvalue weighted by atomic mass is 10.1. The first-order valence-corrected chi connectivity index (χ1v) is 7.24. The molecule has 3 heteroatoms. The number of rotatable bonds is 8. The second-order valence-corrected chi connectivity index (χ2v) is 5.29. The van der Waals surface area contributed by atoms with Crippen molar-refractivity contribution in [1.82, 2.24) is 10.2 Å². The van der Waals surface area contributed by atoms with Crippen molar-refractivity contribution in [1.29, 1.82) is 0 Å². The number of methoxy groups -OCH3 is 1. The molecule has 1 saturated heterocycles. The maximum Gasteiger partial charge on any atom is 0.0462 e. The van der Waals surface area contributed by atoms with Gasteiger partial charge in [-0.05, 0) is 39.2 Å². The maximum atomic E-state index is 5.08. The molecule has 0 aromatic rings. The Morgan fingerprint density at radius 1 is 1.29 bits per heavy atom. The largest absolute Gasteiger partial charge is 0.385 e. The third-order valence-corrected chi connectivity index (χ3v) is 3.71. The quantitative estimate of drug-likeness (QED) is 0.661. The average molecular weight is 242 g/mol. The summed E-state index contributed by atoms with van der Waals surface area (Å²) in [7, 11) is 1.79. The van der Waals surface area contributed by atoms with Gasteiger partial charge in [0.05, 0.1) is 0 Å². The lowest BCUT2D eigenvalue weighted by Crippen LogP contribution is -2.55. The van der Waals surface area contributed by atoms with Gasteiger partial charge in [0.1, 0.15) is 0 Å². The molecule has 2 unspecified atom stereocenters. The van der Waals surface area contributed by atoms with Gasteiger partial charge < -0.3 is 10.1 Å². The van der Waals surface area contributed by atoms with Crippen molar-refractivity contribution in [3.8, 4) is 0 Å². The fourth-order valence-corrected chi connectivity index (χ4v) is 2.59. The molecule has 0 bridgehead atoms. The molecule has 2 atom stereocenters. The molecule has 0 saturated carbocycles. The van der Waals surface area contributed by atoms with Gasteiger partial charge in [0.2, 0.25) is 0 Å². The molecule has 0 spiro atoms. The molecule has 0 amide bonds. The van der Waals surface area contributed by atoms with Crippen LogP contribution in [-0.4, -0.2) is 50.3 Å². The number of nitrogens with zero attached hydrogens (tertiary/aromatic N) is 1. The van der Waals surface area contributed by atoms with Crippen molar-refractivity contribution in [2.45, 2.75) is 58.0 Å². The normalized spacial score (nSPS) is 26.3. The fourth-order valence-electron chi connectivity index (χ4n) is 2.59. The van der Waals surface area contributed by atoms with Gasteiger partial charge in [-0.25, -0.2) is 0 Å². The predicted octanol–water partition coefficient (Wildman–Crippen LogP) is 2.27. The van der Waals surface area contributed by atoms with E-state index in [1.807, 2.05) is 0 Å². The topological polar surface area (TPSA) is 24.5 Å². The minimum Gasteiger partial charge on any atom is -0.385 e. The molecule has 102 valence electrons. The van der Waals surface area contributed by atoms with Crippen molar-refractivity contribution in [3.63, 3.8) is 0 Å². The first-order chi connectivity index (χ1) is 8.27. The minimum absolute atomic E-state index is 0.700. The van der Waals surface area contributed by atoms with Gasteiger partial charge in [-0.3, -0.25) is 4.90 Å². The summed E-state index contributed by atoms with van der Waals surface area (Å²) in [4.78, 5) is 2.66. The Bertz CT molecular complexity index is 187. The number of nitrogens with one attached hydrogen (secondary N) is 1. The van der Waals surface area contributed by atoms with E-state index >= 15 is 0 Å². The Labute approximate surface area is 107 Å². The Hall–Kier alpha value is -0.120. The van der Waals surface area contributed by atoms with Crippen molar-refractivity contribution in [3.05, 3.63) is 0 Å².